The van der Waals surface area contributed by atoms with Crippen LogP contribution in [0.2, 0.25) is 0 Å². The third-order valence-corrected chi connectivity index (χ3v) is 5.24. The van der Waals surface area contributed by atoms with E-state index in [4.69, 9.17) is 5.73 Å². The van der Waals surface area contributed by atoms with Crippen molar-refractivity contribution >= 4 is 12.2 Å². The Hall–Kier alpha value is -2.12. The minimum Gasteiger partial charge on any atom is -0.322 e. The maximum absolute atomic E-state index is 6.34. The van der Waals surface area contributed by atoms with E-state index >= 15 is 0 Å². The number of rotatable bonds is 2. The van der Waals surface area contributed by atoms with E-state index < -0.39 is 0 Å². The summed E-state index contributed by atoms with van der Waals surface area (Å²) in [6.45, 7) is 14.7. The Bertz CT molecular complexity index is 937. The number of hydrogen-bond donors (Lipinski definition) is 1. The van der Waals surface area contributed by atoms with Gasteiger partial charge in [-0.2, -0.15) is 0 Å². The Balaban J connectivity index is 2.42. The Morgan fingerprint density at radius 3 is 2.38 bits per heavy atom. The molecular weight excluding hydrogens is 290 g/mol. The fraction of sp³-hybridized carbons (Fsp3) is 0.304. The van der Waals surface area contributed by atoms with Gasteiger partial charge < -0.3 is 5.73 Å². The van der Waals surface area contributed by atoms with Crippen LogP contribution in [0.1, 0.15) is 51.3 Å². The molecule has 124 valence electrons. The smallest absolute Gasteiger partial charge is 0.0352 e. The molecule has 0 heterocycles. The molecule has 0 aliphatic heterocycles. The summed E-state index contributed by atoms with van der Waals surface area (Å²) in [5.41, 5.74) is 12.6. The molecule has 1 nitrogen and oxygen atoms in total. The second-order valence-electron chi connectivity index (χ2n) is 7.79. The van der Waals surface area contributed by atoms with Crippen LogP contribution in [-0.2, 0) is 11.0 Å². The van der Waals surface area contributed by atoms with Gasteiger partial charge in [-0.25, -0.2) is 0 Å². The molecule has 24 heavy (non-hydrogen) atoms. The number of hydrogen-bond acceptors (Lipinski definition) is 1. The van der Waals surface area contributed by atoms with Crippen LogP contribution in [0.4, 0.5) is 0 Å². The fourth-order valence-corrected chi connectivity index (χ4v) is 3.86. The van der Waals surface area contributed by atoms with E-state index in [0.717, 1.165) is 0 Å². The predicted molar refractivity (Wildman–Crippen MR) is 105 cm³/mol. The molecule has 0 aromatic heterocycles. The van der Waals surface area contributed by atoms with Gasteiger partial charge >= 0.3 is 0 Å². The summed E-state index contributed by atoms with van der Waals surface area (Å²) in [5.74, 6) is 0. The molecule has 1 heteroatoms. The summed E-state index contributed by atoms with van der Waals surface area (Å²) < 4.78 is 0. The average Bonchev–Trinajstić information content (AvgIpc) is 2.75. The van der Waals surface area contributed by atoms with Gasteiger partial charge in [0.1, 0.15) is 0 Å². The second kappa shape index (κ2) is 5.46. The van der Waals surface area contributed by atoms with Crippen molar-refractivity contribution in [3.63, 3.8) is 0 Å². The van der Waals surface area contributed by atoms with Gasteiger partial charge in [0, 0.05) is 11.0 Å². The lowest BCUT2D eigenvalue weighted by molar-refractivity contribution is 0.551. The summed E-state index contributed by atoms with van der Waals surface area (Å²) in [7, 11) is 0. The van der Waals surface area contributed by atoms with Crippen molar-refractivity contribution in [3.8, 4) is 11.1 Å². The molecule has 0 bridgehead atoms. The normalized spacial score (nSPS) is 16.9. The SMILES string of the molecule is C=C/C=c1/ccc2c(/c1=C/C)-c1ccc(C(C)(C)N)cc1C2(C)C. The van der Waals surface area contributed by atoms with Gasteiger partial charge in [0.25, 0.3) is 0 Å². The summed E-state index contributed by atoms with van der Waals surface area (Å²) in [6.07, 6.45) is 6.15. The molecule has 2 aromatic rings. The molecule has 0 saturated heterocycles. The fourth-order valence-electron chi connectivity index (χ4n) is 3.86. The number of allylic oxidation sites excluding steroid dienone is 1. The molecular formula is C23H27N. The monoisotopic (exact) mass is 317 g/mol. The first-order valence-electron chi connectivity index (χ1n) is 8.58. The number of fused-ring (bicyclic) bond motifs is 3. The molecule has 1 aliphatic rings. The zero-order chi connectivity index (χ0) is 17.7. The lowest BCUT2D eigenvalue weighted by Crippen LogP contribution is -2.29. The van der Waals surface area contributed by atoms with E-state index in [1.54, 1.807) is 0 Å². The minimum absolute atomic E-state index is 0.0175. The highest BCUT2D eigenvalue weighted by atomic mass is 14.7. The highest BCUT2D eigenvalue weighted by Gasteiger charge is 2.36. The van der Waals surface area contributed by atoms with Crippen LogP contribution < -0.4 is 16.2 Å². The van der Waals surface area contributed by atoms with Crippen LogP contribution in [0.25, 0.3) is 23.3 Å². The Morgan fingerprint density at radius 2 is 1.79 bits per heavy atom. The Kier molecular flexibility index (Phi) is 3.80. The highest BCUT2D eigenvalue weighted by Crippen LogP contribution is 2.47. The van der Waals surface area contributed by atoms with Crippen molar-refractivity contribution in [2.24, 2.45) is 5.73 Å². The molecule has 0 saturated carbocycles. The van der Waals surface area contributed by atoms with Crippen LogP contribution in [0, 0.1) is 0 Å². The lowest BCUT2D eigenvalue weighted by atomic mass is 9.80. The molecule has 0 amide bonds. The van der Waals surface area contributed by atoms with Crippen molar-refractivity contribution in [2.75, 3.05) is 0 Å². The number of benzene rings is 2. The van der Waals surface area contributed by atoms with E-state index in [2.05, 4.69) is 83.7 Å². The molecule has 0 spiro atoms. The molecule has 3 rings (SSSR count). The van der Waals surface area contributed by atoms with Crippen molar-refractivity contribution < 1.29 is 0 Å². The highest BCUT2D eigenvalue weighted by molar-refractivity contribution is 5.82. The maximum Gasteiger partial charge on any atom is 0.0352 e. The van der Waals surface area contributed by atoms with Crippen LogP contribution in [0.5, 0.6) is 0 Å². The van der Waals surface area contributed by atoms with Crippen LogP contribution in [0.3, 0.4) is 0 Å². The molecule has 2 aromatic carbocycles. The Labute approximate surface area is 145 Å². The molecule has 0 unspecified atom stereocenters. The quantitative estimate of drug-likeness (QED) is 0.891. The topological polar surface area (TPSA) is 26.0 Å². The van der Waals surface area contributed by atoms with Crippen LogP contribution in [-0.4, -0.2) is 0 Å². The molecule has 0 fully saturated rings. The van der Waals surface area contributed by atoms with Gasteiger partial charge in [-0.1, -0.05) is 69.0 Å². The summed E-state index contributed by atoms with van der Waals surface area (Å²) >= 11 is 0. The van der Waals surface area contributed by atoms with Crippen molar-refractivity contribution in [2.45, 2.75) is 45.6 Å². The van der Waals surface area contributed by atoms with Crippen molar-refractivity contribution in [3.05, 3.63) is 70.1 Å². The first-order valence-corrected chi connectivity index (χ1v) is 8.58. The Morgan fingerprint density at radius 1 is 1.08 bits per heavy atom. The van der Waals surface area contributed by atoms with Crippen molar-refractivity contribution in [1.82, 2.24) is 0 Å². The third kappa shape index (κ3) is 2.35. The maximum atomic E-state index is 6.34. The van der Waals surface area contributed by atoms with Crippen molar-refractivity contribution in [1.29, 1.82) is 0 Å². The zero-order valence-corrected chi connectivity index (χ0v) is 15.4. The van der Waals surface area contributed by atoms with E-state index in [1.165, 1.54) is 38.3 Å². The second-order valence-corrected chi connectivity index (χ2v) is 7.79. The molecule has 1 aliphatic carbocycles. The third-order valence-electron chi connectivity index (χ3n) is 5.24. The number of nitrogens with two attached hydrogens (primary N) is 1. The van der Waals surface area contributed by atoms with E-state index in [-0.39, 0.29) is 11.0 Å². The first-order chi connectivity index (χ1) is 11.2. The molecule has 0 atom stereocenters. The van der Waals surface area contributed by atoms with Crippen LogP contribution in [0.15, 0.2) is 43.0 Å². The molecule has 0 radical (unpaired) electrons. The van der Waals surface area contributed by atoms with E-state index in [0.29, 0.717) is 0 Å². The van der Waals surface area contributed by atoms with Gasteiger partial charge in [-0.3, -0.25) is 0 Å². The van der Waals surface area contributed by atoms with Gasteiger partial charge in [-0.15, -0.1) is 0 Å². The largest absolute Gasteiger partial charge is 0.322 e. The van der Waals surface area contributed by atoms with E-state index in [9.17, 15) is 0 Å². The summed E-state index contributed by atoms with van der Waals surface area (Å²) in [4.78, 5) is 0. The van der Waals surface area contributed by atoms with Crippen LogP contribution >= 0.6 is 0 Å². The predicted octanol–water partition coefficient (Wildman–Crippen LogP) is 3.95. The zero-order valence-electron chi connectivity index (χ0n) is 15.4. The molecule has 2 N–H and O–H groups in total. The van der Waals surface area contributed by atoms with Gasteiger partial charge in [-0.05, 0) is 59.0 Å². The van der Waals surface area contributed by atoms with E-state index in [1.807, 2.05) is 6.08 Å². The standard InChI is InChI=1S/C23H27N/c1-7-9-15-10-13-19-21(17(15)8-2)18-12-11-16(23(5,6)24)14-20(18)22(19,3)4/h7-14H,1,24H2,2-6H3/b15-9-,17-8+. The van der Waals surface area contributed by atoms with Gasteiger partial charge in [0.05, 0.1) is 0 Å². The van der Waals surface area contributed by atoms with Gasteiger partial charge in [0.2, 0.25) is 0 Å². The minimum atomic E-state index is -0.332. The summed E-state index contributed by atoms with van der Waals surface area (Å²) in [6, 6.07) is 11.2. The lowest BCUT2D eigenvalue weighted by Gasteiger charge is -2.25. The summed E-state index contributed by atoms with van der Waals surface area (Å²) in [5, 5.41) is 2.51. The average molecular weight is 317 g/mol. The van der Waals surface area contributed by atoms with Gasteiger partial charge in [0.15, 0.2) is 0 Å². The first kappa shape index (κ1) is 16.7.